The van der Waals surface area contributed by atoms with E-state index in [9.17, 15) is 13.6 Å². The van der Waals surface area contributed by atoms with Crippen molar-refractivity contribution in [2.45, 2.75) is 13.5 Å². The van der Waals surface area contributed by atoms with Crippen LogP contribution in [0.4, 0.5) is 14.5 Å². The lowest BCUT2D eigenvalue weighted by Gasteiger charge is -2.11. The molecule has 0 aliphatic heterocycles. The Labute approximate surface area is 128 Å². The summed E-state index contributed by atoms with van der Waals surface area (Å²) in [6, 6.07) is 6.92. The number of rotatable bonds is 4. The number of hydrogen-bond donors (Lipinski definition) is 2. The molecule has 2 rings (SSSR count). The quantitative estimate of drug-likeness (QED) is 0.857. The Hall–Kier alpha value is -1.95. The molecule has 0 saturated heterocycles. The lowest BCUT2D eigenvalue weighted by Crippen LogP contribution is -2.05. The Morgan fingerprint density at radius 1 is 1.24 bits per heavy atom. The van der Waals surface area contributed by atoms with E-state index in [0.29, 0.717) is 22.3 Å². The lowest BCUT2D eigenvalue weighted by molar-refractivity contribution is 0.0692. The van der Waals surface area contributed by atoms with Crippen LogP contribution in [0, 0.1) is 18.6 Å². The van der Waals surface area contributed by atoms with Gasteiger partial charge in [0.15, 0.2) is 0 Å². The maximum absolute atomic E-state index is 13.6. The Bertz CT molecular complexity index is 704. The van der Waals surface area contributed by atoms with Crippen LogP contribution in [-0.4, -0.2) is 11.1 Å². The highest BCUT2D eigenvalue weighted by atomic mass is 79.9. The molecule has 2 aromatic carbocycles. The average Bonchev–Trinajstić information content (AvgIpc) is 2.41. The molecule has 0 aromatic heterocycles. The summed E-state index contributed by atoms with van der Waals surface area (Å²) < 4.78 is 27.2. The minimum Gasteiger partial charge on any atom is -0.478 e. The number of carbonyl (C=O) groups is 1. The van der Waals surface area contributed by atoms with Gasteiger partial charge >= 0.3 is 5.97 Å². The maximum Gasteiger partial charge on any atom is 0.338 e. The fraction of sp³-hybridized carbons (Fsp3) is 0.133. The topological polar surface area (TPSA) is 49.3 Å². The molecule has 0 heterocycles. The number of carboxylic acid groups (broad SMARTS) is 1. The first-order valence-corrected chi connectivity index (χ1v) is 6.89. The summed E-state index contributed by atoms with van der Waals surface area (Å²) in [4.78, 5) is 10.7. The first-order valence-electron chi connectivity index (χ1n) is 6.09. The van der Waals surface area contributed by atoms with E-state index in [4.69, 9.17) is 5.11 Å². The second-order valence-corrected chi connectivity index (χ2v) is 5.41. The highest BCUT2D eigenvalue weighted by Crippen LogP contribution is 2.24. The number of hydrogen-bond acceptors (Lipinski definition) is 2. The lowest BCUT2D eigenvalue weighted by atomic mass is 10.1. The molecule has 0 saturated carbocycles. The summed E-state index contributed by atoms with van der Waals surface area (Å²) in [5, 5.41) is 11.8. The fourth-order valence-corrected chi connectivity index (χ4v) is 2.22. The monoisotopic (exact) mass is 355 g/mol. The molecule has 0 radical (unpaired) electrons. The van der Waals surface area contributed by atoms with Crippen molar-refractivity contribution in [3.63, 3.8) is 0 Å². The Morgan fingerprint density at radius 2 is 1.95 bits per heavy atom. The number of aromatic carboxylic acids is 1. The van der Waals surface area contributed by atoms with Crippen LogP contribution in [0.3, 0.4) is 0 Å². The van der Waals surface area contributed by atoms with Gasteiger partial charge in [-0.1, -0.05) is 6.07 Å². The van der Waals surface area contributed by atoms with Crippen molar-refractivity contribution in [1.29, 1.82) is 0 Å². The van der Waals surface area contributed by atoms with Crippen LogP contribution >= 0.6 is 15.9 Å². The summed E-state index contributed by atoms with van der Waals surface area (Å²) in [7, 11) is 0. The van der Waals surface area contributed by atoms with Crippen molar-refractivity contribution < 1.29 is 18.7 Å². The molecule has 0 fully saturated rings. The zero-order valence-electron chi connectivity index (χ0n) is 11.1. The molecule has 21 heavy (non-hydrogen) atoms. The Balaban J connectivity index is 2.15. The third kappa shape index (κ3) is 3.58. The molecule has 0 unspecified atom stereocenters. The smallest absolute Gasteiger partial charge is 0.338 e. The van der Waals surface area contributed by atoms with Gasteiger partial charge in [0.2, 0.25) is 0 Å². The minimum absolute atomic E-state index is 0.301. The predicted octanol–water partition coefficient (Wildman–Crippen LogP) is 4.35. The second kappa shape index (κ2) is 6.22. The van der Waals surface area contributed by atoms with E-state index in [1.54, 1.807) is 13.0 Å². The summed E-state index contributed by atoms with van der Waals surface area (Å²) in [5.74, 6) is -2.43. The van der Waals surface area contributed by atoms with E-state index >= 15 is 0 Å². The van der Waals surface area contributed by atoms with E-state index < -0.39 is 11.8 Å². The van der Waals surface area contributed by atoms with E-state index in [1.807, 2.05) is 0 Å². The van der Waals surface area contributed by atoms with Gasteiger partial charge in [-0.2, -0.15) is 0 Å². The molecule has 0 atom stereocenters. The highest BCUT2D eigenvalue weighted by Gasteiger charge is 2.10. The number of halogens is 3. The largest absolute Gasteiger partial charge is 0.478 e. The maximum atomic E-state index is 13.6. The van der Waals surface area contributed by atoms with Gasteiger partial charge in [-0.25, -0.2) is 13.6 Å². The van der Waals surface area contributed by atoms with E-state index in [1.165, 1.54) is 24.3 Å². The molecule has 0 aliphatic carbocycles. The number of aryl methyl sites for hydroxylation is 1. The normalized spacial score (nSPS) is 10.5. The van der Waals surface area contributed by atoms with Gasteiger partial charge in [0.25, 0.3) is 0 Å². The molecule has 6 heteroatoms. The van der Waals surface area contributed by atoms with Crippen molar-refractivity contribution in [2.75, 3.05) is 5.32 Å². The van der Waals surface area contributed by atoms with Crippen LogP contribution in [0.25, 0.3) is 0 Å². The average molecular weight is 356 g/mol. The molecule has 0 bridgehead atoms. The predicted molar refractivity (Wildman–Crippen MR) is 79.5 cm³/mol. The summed E-state index contributed by atoms with van der Waals surface area (Å²) in [6.45, 7) is 2.06. The number of benzene rings is 2. The second-order valence-electron chi connectivity index (χ2n) is 4.55. The van der Waals surface area contributed by atoms with Crippen molar-refractivity contribution in [2.24, 2.45) is 0 Å². The molecule has 0 amide bonds. The Morgan fingerprint density at radius 3 is 2.57 bits per heavy atom. The third-order valence-electron chi connectivity index (χ3n) is 3.01. The van der Waals surface area contributed by atoms with E-state index in [2.05, 4.69) is 21.2 Å². The first kappa shape index (κ1) is 15.4. The number of nitrogens with one attached hydrogen (secondary N) is 1. The summed E-state index contributed by atoms with van der Waals surface area (Å²) in [5.41, 5.74) is 1.67. The van der Waals surface area contributed by atoms with E-state index in [0.717, 1.165) is 5.56 Å². The molecule has 2 N–H and O–H groups in total. The van der Waals surface area contributed by atoms with Crippen LogP contribution in [0.15, 0.2) is 34.8 Å². The minimum atomic E-state index is -1.30. The van der Waals surface area contributed by atoms with Crippen LogP contribution < -0.4 is 5.32 Å². The van der Waals surface area contributed by atoms with Crippen LogP contribution in [-0.2, 0) is 6.54 Å². The molecule has 0 aliphatic rings. The zero-order chi connectivity index (χ0) is 15.6. The van der Waals surface area contributed by atoms with Crippen molar-refractivity contribution >= 4 is 27.6 Å². The molecule has 3 nitrogen and oxygen atoms in total. The van der Waals surface area contributed by atoms with E-state index in [-0.39, 0.29) is 11.4 Å². The number of anilines is 1. The van der Waals surface area contributed by atoms with Gasteiger partial charge < -0.3 is 10.4 Å². The molecular formula is C15H12BrF2NO2. The fourth-order valence-electron chi connectivity index (χ4n) is 1.88. The van der Waals surface area contributed by atoms with Crippen molar-refractivity contribution in [3.8, 4) is 0 Å². The Kier molecular flexibility index (Phi) is 4.57. The SMILES string of the molecule is Cc1cc(F)c(Br)cc1NCc1ccc(C(=O)O)c(F)c1. The van der Waals surface area contributed by atoms with Gasteiger partial charge in [-0.15, -0.1) is 0 Å². The third-order valence-corrected chi connectivity index (χ3v) is 3.62. The summed E-state index contributed by atoms with van der Waals surface area (Å²) in [6.07, 6.45) is 0. The van der Waals surface area contributed by atoms with Gasteiger partial charge in [0, 0.05) is 12.2 Å². The van der Waals surface area contributed by atoms with Gasteiger partial charge in [0.05, 0.1) is 10.0 Å². The van der Waals surface area contributed by atoms with Crippen LogP contribution in [0.1, 0.15) is 21.5 Å². The molecule has 0 spiro atoms. The van der Waals surface area contributed by atoms with Gasteiger partial charge in [-0.3, -0.25) is 0 Å². The molecular weight excluding hydrogens is 344 g/mol. The van der Waals surface area contributed by atoms with Crippen molar-refractivity contribution in [3.05, 3.63) is 63.1 Å². The highest BCUT2D eigenvalue weighted by molar-refractivity contribution is 9.10. The summed E-state index contributed by atoms with van der Waals surface area (Å²) >= 11 is 3.10. The standard InChI is InChI=1S/C15H12BrF2NO2/c1-8-4-13(18)11(16)6-14(8)19-7-9-2-3-10(15(20)21)12(17)5-9/h2-6,19H,7H2,1H3,(H,20,21). The van der Waals surface area contributed by atoms with Crippen molar-refractivity contribution in [1.82, 2.24) is 0 Å². The van der Waals surface area contributed by atoms with Gasteiger partial charge in [-0.05, 0) is 58.2 Å². The van der Waals surface area contributed by atoms with Crippen LogP contribution in [0.5, 0.6) is 0 Å². The molecule has 110 valence electrons. The zero-order valence-corrected chi connectivity index (χ0v) is 12.7. The first-order chi connectivity index (χ1) is 9.88. The van der Waals surface area contributed by atoms with Crippen LogP contribution in [0.2, 0.25) is 0 Å². The van der Waals surface area contributed by atoms with Gasteiger partial charge in [0.1, 0.15) is 11.6 Å². The molecule has 2 aromatic rings. The number of carboxylic acids is 1.